The smallest absolute Gasteiger partial charge is 0.416 e. The number of aromatic nitrogens is 2. The molecule has 10 nitrogen and oxygen atoms in total. The maximum absolute atomic E-state index is 13.3. The van der Waals surface area contributed by atoms with Gasteiger partial charge in [0.2, 0.25) is 0 Å². The van der Waals surface area contributed by atoms with Crippen LogP contribution in [0.5, 0.6) is 5.75 Å². The molecule has 1 heterocycles. The number of para-hydroxylation sites is 1. The molecule has 4 aromatic rings. The number of non-ortho nitro benzene ring substituents is 1. The number of alkyl halides is 3. The van der Waals surface area contributed by atoms with Crippen LogP contribution in [0.1, 0.15) is 11.1 Å². The lowest BCUT2D eigenvalue weighted by molar-refractivity contribution is -0.384. The molecule has 0 fully saturated rings. The zero-order valence-corrected chi connectivity index (χ0v) is 18.7. The first-order valence-corrected chi connectivity index (χ1v) is 10.5. The van der Waals surface area contributed by atoms with Gasteiger partial charge in [0.1, 0.15) is 5.75 Å². The number of rotatable bonds is 7. The van der Waals surface area contributed by atoms with Crippen molar-refractivity contribution in [3.05, 3.63) is 98.3 Å². The van der Waals surface area contributed by atoms with Gasteiger partial charge >= 0.3 is 6.18 Å². The second-order valence-corrected chi connectivity index (χ2v) is 7.63. The minimum atomic E-state index is -4.64. The minimum absolute atomic E-state index is 0.00411. The first-order valence-electron chi connectivity index (χ1n) is 10.5. The van der Waals surface area contributed by atoms with Crippen molar-refractivity contribution >= 4 is 28.7 Å². The number of benzene rings is 3. The van der Waals surface area contributed by atoms with Crippen molar-refractivity contribution in [1.29, 1.82) is 0 Å². The normalized spacial score (nSPS) is 11.6. The number of nitrogens with two attached hydrogens (primary N) is 1. The SMILES string of the molecule is NC(=O)COc1ccc([N+](=O)[O-])cc1C=Nn1c(-c2cccc(C(F)(F)F)c2)nc2ccccc2c1=O. The molecule has 3 aromatic carbocycles. The van der Waals surface area contributed by atoms with Gasteiger partial charge in [0, 0.05) is 23.3 Å². The molecule has 0 atom stereocenters. The number of carbonyl (C=O) groups is 1. The molecule has 188 valence electrons. The van der Waals surface area contributed by atoms with E-state index >= 15 is 0 Å². The second-order valence-electron chi connectivity index (χ2n) is 7.63. The van der Waals surface area contributed by atoms with Gasteiger partial charge in [0.25, 0.3) is 17.2 Å². The van der Waals surface area contributed by atoms with Crippen LogP contribution < -0.4 is 16.0 Å². The Balaban J connectivity index is 1.92. The van der Waals surface area contributed by atoms with Crippen LogP contribution in [0.25, 0.3) is 22.3 Å². The number of nitro benzene ring substituents is 1. The number of nitrogens with zero attached hydrogens (tertiary/aromatic N) is 4. The standard InChI is InChI=1S/C24H16F3N5O5/c25-24(26,27)16-5-3-4-14(10-16)22-30-19-7-2-1-6-18(19)23(34)31(22)29-12-15-11-17(32(35)36)8-9-20(15)37-13-21(28)33/h1-12H,13H2,(H2,28,33). The highest BCUT2D eigenvalue weighted by Crippen LogP contribution is 2.32. The number of nitro groups is 1. The third-order valence-corrected chi connectivity index (χ3v) is 5.09. The van der Waals surface area contributed by atoms with Crippen molar-refractivity contribution in [3.8, 4) is 17.1 Å². The van der Waals surface area contributed by atoms with Gasteiger partial charge in [-0.15, -0.1) is 0 Å². The molecule has 0 saturated carbocycles. The molecule has 0 radical (unpaired) electrons. The largest absolute Gasteiger partial charge is 0.483 e. The molecule has 37 heavy (non-hydrogen) atoms. The Morgan fingerprint density at radius 3 is 2.59 bits per heavy atom. The van der Waals surface area contributed by atoms with Gasteiger partial charge in [-0.3, -0.25) is 19.7 Å². The average Bonchev–Trinajstić information content (AvgIpc) is 2.86. The number of carbonyl (C=O) groups excluding carboxylic acids is 1. The number of fused-ring (bicyclic) bond motifs is 1. The zero-order chi connectivity index (χ0) is 26.7. The van der Waals surface area contributed by atoms with E-state index in [2.05, 4.69) is 10.1 Å². The first kappa shape index (κ1) is 25.0. The van der Waals surface area contributed by atoms with Crippen molar-refractivity contribution < 1.29 is 27.6 Å². The fourth-order valence-electron chi connectivity index (χ4n) is 3.40. The molecule has 0 bridgehead atoms. The predicted octanol–water partition coefficient (Wildman–Crippen LogP) is 3.74. The summed E-state index contributed by atoms with van der Waals surface area (Å²) in [5, 5.41) is 15.5. The highest BCUT2D eigenvalue weighted by Gasteiger charge is 2.31. The molecule has 0 unspecified atom stereocenters. The van der Waals surface area contributed by atoms with Crippen LogP contribution in [0.2, 0.25) is 0 Å². The summed E-state index contributed by atoms with van der Waals surface area (Å²) in [7, 11) is 0. The molecule has 1 aromatic heterocycles. The van der Waals surface area contributed by atoms with Crippen molar-refractivity contribution in [2.24, 2.45) is 10.8 Å². The van der Waals surface area contributed by atoms with Gasteiger partial charge in [0.15, 0.2) is 12.4 Å². The van der Waals surface area contributed by atoms with Gasteiger partial charge in [-0.1, -0.05) is 24.3 Å². The molecular weight excluding hydrogens is 495 g/mol. The Hall–Kier alpha value is -5.07. The fourth-order valence-corrected chi connectivity index (χ4v) is 3.40. The van der Waals surface area contributed by atoms with E-state index in [0.29, 0.717) is 0 Å². The maximum Gasteiger partial charge on any atom is 0.416 e. The Morgan fingerprint density at radius 2 is 1.89 bits per heavy atom. The van der Waals surface area contributed by atoms with Crippen LogP contribution in [0.3, 0.4) is 0 Å². The molecule has 2 N–H and O–H groups in total. The van der Waals surface area contributed by atoms with E-state index in [1.165, 1.54) is 30.3 Å². The maximum atomic E-state index is 13.3. The molecule has 0 aliphatic heterocycles. The van der Waals surface area contributed by atoms with Crippen LogP contribution in [0.4, 0.5) is 18.9 Å². The quantitative estimate of drug-likeness (QED) is 0.228. The Morgan fingerprint density at radius 1 is 1.14 bits per heavy atom. The fraction of sp³-hybridized carbons (Fsp3) is 0.0833. The number of halogens is 3. The summed E-state index contributed by atoms with van der Waals surface area (Å²) in [4.78, 5) is 39.3. The lowest BCUT2D eigenvalue weighted by atomic mass is 10.1. The molecule has 13 heteroatoms. The van der Waals surface area contributed by atoms with E-state index in [-0.39, 0.29) is 39.3 Å². The summed E-state index contributed by atoms with van der Waals surface area (Å²) in [5.41, 5.74) is 3.30. The summed E-state index contributed by atoms with van der Waals surface area (Å²) in [6.45, 7) is -0.536. The molecular formula is C24H16F3N5O5. The molecule has 0 spiro atoms. The Bertz CT molecular complexity index is 1610. The summed E-state index contributed by atoms with van der Waals surface area (Å²) < 4.78 is 46.1. The van der Waals surface area contributed by atoms with E-state index in [0.717, 1.165) is 35.2 Å². The second kappa shape index (κ2) is 9.89. The van der Waals surface area contributed by atoms with Crippen LogP contribution >= 0.6 is 0 Å². The molecule has 0 aliphatic carbocycles. The van der Waals surface area contributed by atoms with Gasteiger partial charge in [-0.25, -0.2) is 4.98 Å². The molecule has 0 saturated heterocycles. The van der Waals surface area contributed by atoms with Crippen molar-refractivity contribution in [2.45, 2.75) is 6.18 Å². The Kier molecular flexibility index (Phi) is 6.69. The predicted molar refractivity (Wildman–Crippen MR) is 127 cm³/mol. The van der Waals surface area contributed by atoms with Crippen molar-refractivity contribution in [2.75, 3.05) is 6.61 Å². The third kappa shape index (κ3) is 5.45. The van der Waals surface area contributed by atoms with Crippen molar-refractivity contribution in [1.82, 2.24) is 9.66 Å². The first-order chi connectivity index (χ1) is 17.5. The number of hydrogen-bond donors (Lipinski definition) is 1. The van der Waals surface area contributed by atoms with Crippen LogP contribution in [0, 0.1) is 10.1 Å². The van der Waals surface area contributed by atoms with E-state index < -0.39 is 34.7 Å². The third-order valence-electron chi connectivity index (χ3n) is 5.09. The van der Waals surface area contributed by atoms with Gasteiger partial charge < -0.3 is 10.5 Å². The highest BCUT2D eigenvalue weighted by molar-refractivity contribution is 5.86. The molecule has 0 aliphatic rings. The number of hydrogen-bond acceptors (Lipinski definition) is 7. The summed E-state index contributed by atoms with van der Waals surface area (Å²) in [6, 6.07) is 13.9. The van der Waals surface area contributed by atoms with E-state index in [4.69, 9.17) is 10.5 Å². The van der Waals surface area contributed by atoms with Gasteiger partial charge in [-0.05, 0) is 30.3 Å². The number of primary amides is 1. The molecule has 4 rings (SSSR count). The van der Waals surface area contributed by atoms with Crippen LogP contribution in [0.15, 0.2) is 76.6 Å². The van der Waals surface area contributed by atoms with E-state index in [1.807, 2.05) is 0 Å². The highest BCUT2D eigenvalue weighted by atomic mass is 19.4. The van der Waals surface area contributed by atoms with E-state index in [1.54, 1.807) is 12.1 Å². The van der Waals surface area contributed by atoms with Crippen molar-refractivity contribution in [3.63, 3.8) is 0 Å². The van der Waals surface area contributed by atoms with Crippen LogP contribution in [-0.2, 0) is 11.0 Å². The zero-order valence-electron chi connectivity index (χ0n) is 18.7. The summed E-state index contributed by atoms with van der Waals surface area (Å²) >= 11 is 0. The summed E-state index contributed by atoms with van der Waals surface area (Å²) in [6.07, 6.45) is -3.60. The van der Waals surface area contributed by atoms with Gasteiger partial charge in [0.05, 0.1) is 27.6 Å². The summed E-state index contributed by atoms with van der Waals surface area (Å²) in [5.74, 6) is -1.00. The average molecular weight is 511 g/mol. The minimum Gasteiger partial charge on any atom is -0.483 e. The van der Waals surface area contributed by atoms with Crippen LogP contribution in [-0.4, -0.2) is 33.3 Å². The molecule has 1 amide bonds. The lowest BCUT2D eigenvalue weighted by Gasteiger charge is -2.12. The Labute approximate surface area is 205 Å². The number of ether oxygens (including phenoxy) is 1. The topological polar surface area (TPSA) is 143 Å². The lowest BCUT2D eigenvalue weighted by Crippen LogP contribution is -2.21. The van der Waals surface area contributed by atoms with E-state index in [9.17, 15) is 32.9 Å². The number of amides is 1. The monoisotopic (exact) mass is 511 g/mol. The van der Waals surface area contributed by atoms with Gasteiger partial charge in [-0.2, -0.15) is 22.9 Å².